The van der Waals surface area contributed by atoms with E-state index >= 15 is 0 Å². The largest absolute Gasteiger partial charge is 0.478 e. The summed E-state index contributed by atoms with van der Waals surface area (Å²) in [7, 11) is 0. The molecule has 0 aromatic carbocycles. The lowest BCUT2D eigenvalue weighted by Gasteiger charge is -2.05. The van der Waals surface area contributed by atoms with Crippen molar-refractivity contribution in [1.82, 2.24) is 0 Å². The Morgan fingerprint density at radius 3 is 3.07 bits per heavy atom. The summed E-state index contributed by atoms with van der Waals surface area (Å²) >= 11 is 1.44. The maximum atomic E-state index is 11.1. The van der Waals surface area contributed by atoms with E-state index in [0.29, 0.717) is 5.57 Å². The minimum absolute atomic E-state index is 0.0294. The van der Waals surface area contributed by atoms with Crippen molar-refractivity contribution in [3.63, 3.8) is 0 Å². The van der Waals surface area contributed by atoms with Crippen LogP contribution in [0.1, 0.15) is 17.7 Å². The Kier molecular flexibility index (Phi) is 3.18. The van der Waals surface area contributed by atoms with E-state index < -0.39 is 5.97 Å². The first-order valence-electron chi connectivity index (χ1n) is 4.88. The van der Waals surface area contributed by atoms with Crippen LogP contribution in [0.2, 0.25) is 0 Å². The first-order valence-corrected chi connectivity index (χ1v) is 5.76. The van der Waals surface area contributed by atoms with Crippen LogP contribution in [0.5, 0.6) is 0 Å². The van der Waals surface area contributed by atoms with Gasteiger partial charge in [0.25, 0.3) is 0 Å². The average Bonchev–Trinajstić information content (AvgIpc) is 2.87. The maximum Gasteiger partial charge on any atom is 0.336 e. The van der Waals surface area contributed by atoms with Gasteiger partial charge in [0, 0.05) is 11.5 Å². The molecule has 0 spiro atoms. The molecule has 80 valence electrons. The molecule has 1 unspecified atom stereocenters. The summed E-state index contributed by atoms with van der Waals surface area (Å²) in [5, 5.41) is 11.0. The highest BCUT2D eigenvalue weighted by molar-refractivity contribution is 7.11. The third-order valence-electron chi connectivity index (χ3n) is 2.33. The minimum Gasteiger partial charge on any atom is -0.478 e. The molecule has 1 aliphatic rings. The normalized spacial score (nSPS) is 21.9. The quantitative estimate of drug-likeness (QED) is 0.802. The first-order chi connectivity index (χ1) is 7.27. The molecule has 3 nitrogen and oxygen atoms in total. The van der Waals surface area contributed by atoms with Crippen LogP contribution < -0.4 is 0 Å². The van der Waals surface area contributed by atoms with Crippen molar-refractivity contribution in [2.75, 3.05) is 6.61 Å². The molecule has 15 heavy (non-hydrogen) atoms. The van der Waals surface area contributed by atoms with Gasteiger partial charge < -0.3 is 9.84 Å². The van der Waals surface area contributed by atoms with Gasteiger partial charge in [0.1, 0.15) is 0 Å². The lowest BCUT2D eigenvalue weighted by molar-refractivity contribution is -0.130. The van der Waals surface area contributed by atoms with Crippen LogP contribution in [0.3, 0.4) is 0 Å². The number of carbonyl (C=O) groups is 1. The van der Waals surface area contributed by atoms with Crippen LogP contribution in [-0.2, 0) is 9.53 Å². The average molecular weight is 224 g/mol. The molecule has 0 aliphatic carbocycles. The van der Waals surface area contributed by atoms with E-state index in [2.05, 4.69) is 0 Å². The Balaban J connectivity index is 2.23. The van der Waals surface area contributed by atoms with Gasteiger partial charge in [-0.25, -0.2) is 4.79 Å². The fourth-order valence-corrected chi connectivity index (χ4v) is 2.35. The monoisotopic (exact) mass is 224 g/mol. The van der Waals surface area contributed by atoms with Gasteiger partial charge in [0.15, 0.2) is 0 Å². The molecule has 1 N–H and O–H groups in total. The van der Waals surface area contributed by atoms with Gasteiger partial charge in [-0.15, -0.1) is 11.3 Å². The zero-order valence-corrected chi connectivity index (χ0v) is 9.00. The van der Waals surface area contributed by atoms with Gasteiger partial charge in [-0.1, -0.05) is 6.07 Å². The summed E-state index contributed by atoms with van der Waals surface area (Å²) in [6.07, 6.45) is 3.63. The molecule has 0 amide bonds. The number of hydrogen-bond donors (Lipinski definition) is 1. The Hall–Kier alpha value is -1.13. The highest BCUT2D eigenvalue weighted by Crippen LogP contribution is 2.24. The van der Waals surface area contributed by atoms with Crippen LogP contribution in [0, 0.1) is 0 Å². The number of hydrogen-bond acceptors (Lipinski definition) is 3. The topological polar surface area (TPSA) is 46.5 Å². The predicted molar refractivity (Wildman–Crippen MR) is 58.9 cm³/mol. The van der Waals surface area contributed by atoms with Crippen molar-refractivity contribution >= 4 is 22.9 Å². The van der Waals surface area contributed by atoms with Crippen molar-refractivity contribution in [2.24, 2.45) is 0 Å². The Morgan fingerprint density at radius 1 is 1.67 bits per heavy atom. The van der Waals surface area contributed by atoms with E-state index in [1.807, 2.05) is 17.5 Å². The molecule has 0 bridgehead atoms. The third-order valence-corrected chi connectivity index (χ3v) is 3.24. The lowest BCUT2D eigenvalue weighted by atomic mass is 10.1. The van der Waals surface area contributed by atoms with Crippen molar-refractivity contribution in [1.29, 1.82) is 0 Å². The molecule has 2 rings (SSSR count). The standard InChI is InChI=1S/C11H12O3S/c12-11(13)9(10-4-2-6-15-10)7-8-3-1-5-14-8/h2,4,6-8H,1,3,5H2,(H,12,13)/b9-7+. The van der Waals surface area contributed by atoms with Gasteiger partial charge in [-0.2, -0.15) is 0 Å². The molecule has 1 saturated heterocycles. The Morgan fingerprint density at radius 2 is 2.53 bits per heavy atom. The molecule has 0 saturated carbocycles. The van der Waals surface area contributed by atoms with E-state index in [1.54, 1.807) is 6.08 Å². The molecule has 0 radical (unpaired) electrons. The SMILES string of the molecule is O=C(O)/C(=C/C1CCCO1)c1cccs1. The van der Waals surface area contributed by atoms with Crippen LogP contribution in [0.15, 0.2) is 23.6 Å². The Labute approximate surface area is 92.0 Å². The zero-order chi connectivity index (χ0) is 10.7. The third kappa shape index (κ3) is 2.46. The zero-order valence-electron chi connectivity index (χ0n) is 8.18. The summed E-state index contributed by atoms with van der Waals surface area (Å²) in [6.45, 7) is 0.735. The second kappa shape index (κ2) is 4.59. The van der Waals surface area contributed by atoms with E-state index in [-0.39, 0.29) is 6.10 Å². The van der Waals surface area contributed by atoms with Crippen LogP contribution in [0.25, 0.3) is 5.57 Å². The molecule has 1 aromatic heterocycles. The molecule has 1 aliphatic heterocycles. The molecule has 1 fully saturated rings. The maximum absolute atomic E-state index is 11.1. The summed E-state index contributed by atoms with van der Waals surface area (Å²) in [5.41, 5.74) is 0.358. The number of ether oxygens (including phenoxy) is 1. The fourth-order valence-electron chi connectivity index (χ4n) is 1.61. The molecular formula is C11H12O3S. The van der Waals surface area contributed by atoms with E-state index in [9.17, 15) is 4.79 Å². The predicted octanol–water partition coefficient (Wildman–Crippen LogP) is 2.40. The number of rotatable bonds is 3. The van der Waals surface area contributed by atoms with E-state index in [4.69, 9.17) is 9.84 Å². The molecule has 4 heteroatoms. The van der Waals surface area contributed by atoms with Gasteiger partial charge in [0.2, 0.25) is 0 Å². The van der Waals surface area contributed by atoms with Crippen molar-refractivity contribution in [3.8, 4) is 0 Å². The lowest BCUT2D eigenvalue weighted by Crippen LogP contribution is -2.06. The van der Waals surface area contributed by atoms with Gasteiger partial charge >= 0.3 is 5.97 Å². The second-order valence-electron chi connectivity index (χ2n) is 3.41. The van der Waals surface area contributed by atoms with Crippen LogP contribution in [0.4, 0.5) is 0 Å². The van der Waals surface area contributed by atoms with Gasteiger partial charge in [0.05, 0.1) is 11.7 Å². The number of thiophene rings is 1. The molecular weight excluding hydrogens is 212 g/mol. The summed E-state index contributed by atoms with van der Waals surface area (Å²) in [4.78, 5) is 11.9. The van der Waals surface area contributed by atoms with E-state index in [0.717, 1.165) is 24.3 Å². The van der Waals surface area contributed by atoms with E-state index in [1.165, 1.54) is 11.3 Å². The minimum atomic E-state index is -0.882. The second-order valence-corrected chi connectivity index (χ2v) is 4.36. The van der Waals surface area contributed by atoms with Gasteiger partial charge in [-0.3, -0.25) is 0 Å². The van der Waals surface area contributed by atoms with Crippen molar-refractivity contribution in [3.05, 3.63) is 28.5 Å². The highest BCUT2D eigenvalue weighted by atomic mass is 32.1. The number of carboxylic acid groups (broad SMARTS) is 1. The van der Waals surface area contributed by atoms with Crippen molar-refractivity contribution in [2.45, 2.75) is 18.9 Å². The van der Waals surface area contributed by atoms with Crippen LogP contribution >= 0.6 is 11.3 Å². The van der Waals surface area contributed by atoms with Gasteiger partial charge in [-0.05, 0) is 30.4 Å². The molecule has 1 atom stereocenters. The smallest absolute Gasteiger partial charge is 0.336 e. The number of aliphatic carboxylic acids is 1. The highest BCUT2D eigenvalue weighted by Gasteiger charge is 2.18. The summed E-state index contributed by atoms with van der Waals surface area (Å²) in [6, 6.07) is 3.67. The van der Waals surface area contributed by atoms with Crippen molar-refractivity contribution < 1.29 is 14.6 Å². The number of carboxylic acids is 1. The summed E-state index contributed by atoms with van der Waals surface area (Å²) in [5.74, 6) is -0.882. The molecule has 1 aromatic rings. The molecule has 2 heterocycles. The fraction of sp³-hybridized carbons (Fsp3) is 0.364. The summed E-state index contributed by atoms with van der Waals surface area (Å²) < 4.78 is 5.40. The van der Waals surface area contributed by atoms with Crippen LogP contribution in [-0.4, -0.2) is 23.8 Å². The first kappa shape index (κ1) is 10.4. The Bertz CT molecular complexity index is 361.